The third-order valence-corrected chi connectivity index (χ3v) is 4.24. The minimum absolute atomic E-state index is 0.0692. The Balaban J connectivity index is 1.78. The van der Waals surface area contributed by atoms with Crippen molar-refractivity contribution in [1.29, 1.82) is 5.26 Å². The van der Waals surface area contributed by atoms with E-state index in [4.69, 9.17) is 5.26 Å². The lowest BCUT2D eigenvalue weighted by Gasteiger charge is -2.21. The lowest BCUT2D eigenvalue weighted by atomic mass is 10.00. The van der Waals surface area contributed by atoms with Crippen molar-refractivity contribution in [3.05, 3.63) is 0 Å². The topological polar surface area (TPSA) is 67.6 Å². The van der Waals surface area contributed by atoms with Crippen molar-refractivity contribution in [2.45, 2.75) is 25.4 Å². The molecule has 0 aromatic carbocycles. The summed E-state index contributed by atoms with van der Waals surface area (Å²) in [5.41, 5.74) is 0. The number of likely N-dealkylation sites (tertiary alicyclic amines) is 1. The Bertz CT molecular complexity index is 353. The lowest BCUT2D eigenvalue weighted by Crippen LogP contribution is -2.38. The molecule has 0 aromatic heterocycles. The Morgan fingerprint density at radius 3 is 2.94 bits per heavy atom. The summed E-state index contributed by atoms with van der Waals surface area (Å²) in [6.07, 6.45) is 2.21. The first-order chi connectivity index (χ1) is 8.61. The van der Waals surface area contributed by atoms with Crippen molar-refractivity contribution in [1.82, 2.24) is 9.80 Å². The first-order valence-corrected chi connectivity index (χ1v) is 6.63. The van der Waals surface area contributed by atoms with Crippen LogP contribution in [-0.4, -0.2) is 60.1 Å². The summed E-state index contributed by atoms with van der Waals surface area (Å²) in [4.78, 5) is 15.7. The molecule has 2 fully saturated rings. The van der Waals surface area contributed by atoms with E-state index in [0.717, 1.165) is 25.9 Å². The van der Waals surface area contributed by atoms with Crippen LogP contribution in [0.4, 0.5) is 0 Å². The molecule has 0 radical (unpaired) electrons. The molecule has 1 aliphatic carbocycles. The normalized spacial score (nSPS) is 31.1. The number of rotatable bonds is 4. The zero-order valence-corrected chi connectivity index (χ0v) is 10.9. The average molecular weight is 251 g/mol. The third-order valence-electron chi connectivity index (χ3n) is 4.24. The maximum absolute atomic E-state index is 11.9. The molecule has 5 heteroatoms. The van der Waals surface area contributed by atoms with Gasteiger partial charge in [0.25, 0.3) is 0 Å². The van der Waals surface area contributed by atoms with Gasteiger partial charge in [0.05, 0.1) is 25.1 Å². The van der Waals surface area contributed by atoms with Gasteiger partial charge >= 0.3 is 0 Å². The summed E-state index contributed by atoms with van der Waals surface area (Å²) in [6, 6.07) is 2.04. The van der Waals surface area contributed by atoms with Gasteiger partial charge in [-0.15, -0.1) is 0 Å². The molecule has 2 aliphatic rings. The van der Waals surface area contributed by atoms with Crippen LogP contribution >= 0.6 is 0 Å². The smallest absolute Gasteiger partial charge is 0.236 e. The quantitative estimate of drug-likeness (QED) is 0.767. The Morgan fingerprint density at radius 1 is 1.50 bits per heavy atom. The van der Waals surface area contributed by atoms with Crippen LogP contribution in [0.1, 0.15) is 19.3 Å². The summed E-state index contributed by atoms with van der Waals surface area (Å²) in [5, 5.41) is 18.3. The maximum atomic E-state index is 11.9. The molecule has 0 spiro atoms. The number of carbonyl (C=O) groups is 1. The average Bonchev–Trinajstić information content (AvgIpc) is 2.88. The van der Waals surface area contributed by atoms with Gasteiger partial charge in [-0.2, -0.15) is 5.26 Å². The number of likely N-dealkylation sites (N-methyl/N-ethyl adjacent to an activating group) is 1. The minimum Gasteiger partial charge on any atom is -0.393 e. The van der Waals surface area contributed by atoms with E-state index < -0.39 is 0 Å². The van der Waals surface area contributed by atoms with E-state index in [1.165, 1.54) is 0 Å². The van der Waals surface area contributed by atoms with Gasteiger partial charge in [0.15, 0.2) is 0 Å². The van der Waals surface area contributed by atoms with Gasteiger partial charge in [-0.05, 0) is 18.8 Å². The highest BCUT2D eigenvalue weighted by Gasteiger charge is 2.42. The molecule has 1 aliphatic heterocycles. The standard InChI is InChI=1S/C13H21N3O2/c1-15(6-2-5-14)13(18)9-16-7-10-3-4-12(17)11(10)8-16/h10-12,17H,2-4,6-9H2,1H3. The second-order valence-electron chi connectivity index (χ2n) is 5.49. The number of aliphatic hydroxyl groups is 1. The number of hydrogen-bond acceptors (Lipinski definition) is 4. The van der Waals surface area contributed by atoms with E-state index in [0.29, 0.717) is 31.3 Å². The van der Waals surface area contributed by atoms with Gasteiger partial charge in [-0.3, -0.25) is 9.69 Å². The summed E-state index contributed by atoms with van der Waals surface area (Å²) in [7, 11) is 1.74. The molecule has 1 saturated heterocycles. The molecule has 18 heavy (non-hydrogen) atoms. The summed E-state index contributed by atoms with van der Waals surface area (Å²) < 4.78 is 0. The Hall–Kier alpha value is -1.12. The SMILES string of the molecule is CN(CCC#N)C(=O)CN1CC2CCC(O)C2C1. The van der Waals surface area contributed by atoms with Crippen LogP contribution in [-0.2, 0) is 4.79 Å². The van der Waals surface area contributed by atoms with Crippen molar-refractivity contribution in [3.63, 3.8) is 0 Å². The van der Waals surface area contributed by atoms with E-state index in [1.54, 1.807) is 11.9 Å². The number of hydrogen-bond donors (Lipinski definition) is 1. The van der Waals surface area contributed by atoms with E-state index in [1.807, 2.05) is 6.07 Å². The van der Waals surface area contributed by atoms with Crippen LogP contribution in [0.3, 0.4) is 0 Å². The van der Waals surface area contributed by atoms with Crippen molar-refractivity contribution in [3.8, 4) is 6.07 Å². The molecular weight excluding hydrogens is 230 g/mol. The molecule has 1 amide bonds. The highest BCUT2D eigenvalue weighted by Crippen LogP contribution is 2.37. The number of aliphatic hydroxyl groups excluding tert-OH is 1. The number of carbonyl (C=O) groups excluding carboxylic acids is 1. The molecular formula is C13H21N3O2. The van der Waals surface area contributed by atoms with Gasteiger partial charge in [-0.1, -0.05) is 0 Å². The fourth-order valence-electron chi connectivity index (χ4n) is 3.11. The molecule has 5 nitrogen and oxygen atoms in total. The molecule has 100 valence electrons. The molecule has 1 N–H and O–H groups in total. The summed E-state index contributed by atoms with van der Waals surface area (Å²) in [5.74, 6) is 0.999. The highest BCUT2D eigenvalue weighted by atomic mass is 16.3. The van der Waals surface area contributed by atoms with Gasteiger partial charge < -0.3 is 10.0 Å². The van der Waals surface area contributed by atoms with Crippen molar-refractivity contribution in [2.75, 3.05) is 33.2 Å². The lowest BCUT2D eigenvalue weighted by molar-refractivity contribution is -0.130. The van der Waals surface area contributed by atoms with Gasteiger partial charge in [0, 0.05) is 32.6 Å². The predicted octanol–water partition coefficient (Wildman–Crippen LogP) is 0.0612. The first-order valence-electron chi connectivity index (χ1n) is 6.63. The zero-order valence-electron chi connectivity index (χ0n) is 10.9. The fourth-order valence-corrected chi connectivity index (χ4v) is 3.11. The number of amides is 1. The van der Waals surface area contributed by atoms with Crippen LogP contribution in [0.25, 0.3) is 0 Å². The van der Waals surface area contributed by atoms with E-state index in [-0.39, 0.29) is 12.0 Å². The molecule has 3 atom stereocenters. The third kappa shape index (κ3) is 2.82. The summed E-state index contributed by atoms with van der Waals surface area (Å²) >= 11 is 0. The van der Waals surface area contributed by atoms with Gasteiger partial charge in [0.2, 0.25) is 5.91 Å². The minimum atomic E-state index is -0.175. The predicted molar refractivity (Wildman–Crippen MR) is 66.5 cm³/mol. The van der Waals surface area contributed by atoms with Crippen LogP contribution in [0, 0.1) is 23.2 Å². The Labute approximate surface area is 108 Å². The second kappa shape index (κ2) is 5.68. The van der Waals surface area contributed by atoms with Crippen molar-refractivity contribution < 1.29 is 9.90 Å². The first kappa shape index (κ1) is 13.3. The maximum Gasteiger partial charge on any atom is 0.236 e. The van der Waals surface area contributed by atoms with Crippen LogP contribution in [0.2, 0.25) is 0 Å². The number of nitriles is 1. The second-order valence-corrected chi connectivity index (χ2v) is 5.49. The molecule has 2 rings (SSSR count). The van der Waals surface area contributed by atoms with Crippen LogP contribution < -0.4 is 0 Å². The van der Waals surface area contributed by atoms with Crippen LogP contribution in [0.5, 0.6) is 0 Å². The Morgan fingerprint density at radius 2 is 2.28 bits per heavy atom. The molecule has 0 aromatic rings. The number of nitrogens with zero attached hydrogens (tertiary/aromatic N) is 3. The molecule has 1 heterocycles. The van der Waals surface area contributed by atoms with E-state index in [9.17, 15) is 9.90 Å². The monoisotopic (exact) mass is 251 g/mol. The highest BCUT2D eigenvalue weighted by molar-refractivity contribution is 5.78. The number of fused-ring (bicyclic) bond motifs is 1. The molecule has 3 unspecified atom stereocenters. The molecule has 0 bridgehead atoms. The van der Waals surface area contributed by atoms with Gasteiger partial charge in [0.1, 0.15) is 0 Å². The van der Waals surface area contributed by atoms with Crippen LogP contribution in [0.15, 0.2) is 0 Å². The largest absolute Gasteiger partial charge is 0.393 e. The van der Waals surface area contributed by atoms with Gasteiger partial charge in [-0.25, -0.2) is 0 Å². The summed E-state index contributed by atoms with van der Waals surface area (Å²) in [6.45, 7) is 2.68. The van der Waals surface area contributed by atoms with Crippen molar-refractivity contribution in [2.24, 2.45) is 11.8 Å². The zero-order chi connectivity index (χ0) is 13.1. The van der Waals surface area contributed by atoms with Crippen molar-refractivity contribution >= 4 is 5.91 Å². The fraction of sp³-hybridized carbons (Fsp3) is 0.846. The molecule has 1 saturated carbocycles. The van der Waals surface area contributed by atoms with E-state index >= 15 is 0 Å². The Kier molecular flexibility index (Phi) is 4.20. The van der Waals surface area contributed by atoms with E-state index in [2.05, 4.69) is 4.90 Å².